The van der Waals surface area contributed by atoms with Crippen LogP contribution in [0.25, 0.3) is 27.1 Å². The van der Waals surface area contributed by atoms with Gasteiger partial charge in [-0.1, -0.05) is 134 Å². The predicted molar refractivity (Wildman–Crippen MR) is 285 cm³/mol. The van der Waals surface area contributed by atoms with Crippen molar-refractivity contribution in [3.05, 3.63) is 124 Å². The fraction of sp³-hybridized carbons (Fsp3) is 0.417. The molecule has 1 aromatic heterocycles. The number of rotatable bonds is 24. The van der Waals surface area contributed by atoms with Crippen LogP contribution in [0.4, 0.5) is 17.1 Å². The first-order valence-electron chi connectivity index (χ1n) is 25.7. The first kappa shape index (κ1) is 50.0. The minimum atomic E-state index is -0.975. The monoisotopic (exact) mass is 962 g/mol. The van der Waals surface area contributed by atoms with Crippen LogP contribution >= 0.6 is 23.1 Å². The van der Waals surface area contributed by atoms with Crippen molar-refractivity contribution in [1.82, 2.24) is 0 Å². The summed E-state index contributed by atoms with van der Waals surface area (Å²) >= 11 is 3.29. The number of fused-ring (bicyclic) bond motifs is 3. The number of carbonyl (C=O) groups is 2. The lowest BCUT2D eigenvalue weighted by Gasteiger charge is -2.33. The van der Waals surface area contributed by atoms with E-state index in [1.165, 1.54) is 95.9 Å². The molecule has 0 radical (unpaired) electrons. The summed E-state index contributed by atoms with van der Waals surface area (Å²) < 4.78 is 8.45. The van der Waals surface area contributed by atoms with Crippen molar-refractivity contribution in [3.63, 3.8) is 0 Å². The number of carboxylic acids is 1. The number of nitrogens with zero attached hydrogens (tertiary/aromatic N) is 2. The van der Waals surface area contributed by atoms with Crippen LogP contribution in [-0.4, -0.2) is 46.8 Å². The highest BCUT2D eigenvalue weighted by Crippen LogP contribution is 2.51. The SMILES string of the molecule is CCCCCCCC[N+]1=C(C=C2C(=O)C(c3ccc(-c4ccc5c(c4)Sc4cc(-c6ccc(OCC(CC)CCCC)cc6)ccc4N5CCCCCC)s3)=C2[O-])C(C)(C)c2cc(C(=O)O)ccc21. The van der Waals surface area contributed by atoms with Crippen LogP contribution in [0.3, 0.4) is 0 Å². The average molecular weight is 963 g/mol. The molecule has 0 bridgehead atoms. The lowest BCUT2D eigenvalue weighted by atomic mass is 9.78. The zero-order valence-electron chi connectivity index (χ0n) is 41.6. The quantitative estimate of drug-likeness (QED) is 0.0374. The van der Waals surface area contributed by atoms with Gasteiger partial charge in [0.2, 0.25) is 5.69 Å². The number of hydrogen-bond acceptors (Lipinski definition) is 7. The second-order valence-corrected chi connectivity index (χ2v) is 21.8. The molecule has 0 fully saturated rings. The van der Waals surface area contributed by atoms with Crippen molar-refractivity contribution in [2.24, 2.45) is 5.92 Å². The fourth-order valence-corrected chi connectivity index (χ4v) is 12.3. The summed E-state index contributed by atoms with van der Waals surface area (Å²) in [4.78, 5) is 32.7. The van der Waals surface area contributed by atoms with Crippen LogP contribution in [0.5, 0.6) is 5.75 Å². The molecule has 69 heavy (non-hydrogen) atoms. The lowest BCUT2D eigenvalue weighted by Crippen LogP contribution is -2.33. The first-order valence-corrected chi connectivity index (χ1v) is 27.4. The Morgan fingerprint density at radius 2 is 1.39 bits per heavy atom. The van der Waals surface area contributed by atoms with E-state index in [0.717, 1.165) is 90.5 Å². The number of hydrogen-bond donors (Lipinski definition) is 1. The number of allylic oxidation sites excluding steroid dienone is 3. The number of thiophene rings is 1. The lowest BCUT2D eigenvalue weighted by molar-refractivity contribution is -0.438. The van der Waals surface area contributed by atoms with Gasteiger partial charge in [0.15, 0.2) is 11.5 Å². The topological polar surface area (TPSA) is 92.9 Å². The Labute approximate surface area is 419 Å². The summed E-state index contributed by atoms with van der Waals surface area (Å²) in [6.07, 6.45) is 18.1. The molecule has 2 aliphatic heterocycles. The smallest absolute Gasteiger partial charge is 0.335 e. The number of carbonyl (C=O) groups excluding carboxylic acids is 1. The van der Waals surface area contributed by atoms with E-state index >= 15 is 0 Å². The molecule has 4 aromatic carbocycles. The predicted octanol–water partition coefficient (Wildman–Crippen LogP) is 15.6. The van der Waals surface area contributed by atoms with Gasteiger partial charge in [0.1, 0.15) is 12.3 Å². The van der Waals surface area contributed by atoms with Gasteiger partial charge in [-0.25, -0.2) is 4.79 Å². The number of aromatic carboxylic acids is 1. The van der Waals surface area contributed by atoms with Crippen molar-refractivity contribution >= 4 is 63.2 Å². The highest BCUT2D eigenvalue weighted by molar-refractivity contribution is 7.99. The molecule has 1 atom stereocenters. The van der Waals surface area contributed by atoms with Crippen LogP contribution in [0.2, 0.25) is 0 Å². The van der Waals surface area contributed by atoms with E-state index in [1.807, 2.05) is 18.2 Å². The van der Waals surface area contributed by atoms with Gasteiger partial charge in [-0.2, -0.15) is 4.58 Å². The van der Waals surface area contributed by atoms with Gasteiger partial charge in [0.05, 0.1) is 29.0 Å². The van der Waals surface area contributed by atoms with Crippen LogP contribution < -0.4 is 14.7 Å². The van der Waals surface area contributed by atoms with E-state index in [1.54, 1.807) is 30.0 Å². The minimum absolute atomic E-state index is 0.191. The zero-order valence-corrected chi connectivity index (χ0v) is 43.3. The van der Waals surface area contributed by atoms with Crippen molar-refractivity contribution in [2.45, 2.75) is 147 Å². The van der Waals surface area contributed by atoms with Gasteiger partial charge in [-0.15, -0.1) is 11.3 Å². The third-order valence-corrected chi connectivity index (χ3v) is 16.7. The highest BCUT2D eigenvalue weighted by atomic mass is 32.2. The van der Waals surface area contributed by atoms with Gasteiger partial charge in [0, 0.05) is 61.4 Å². The number of carboxylic acid groups (broad SMARTS) is 1. The third kappa shape index (κ3) is 10.9. The largest absolute Gasteiger partial charge is 0.871 e. The van der Waals surface area contributed by atoms with E-state index in [-0.39, 0.29) is 28.3 Å². The molecule has 362 valence electrons. The molecule has 0 saturated heterocycles. The number of anilines is 2. The average Bonchev–Trinajstić information content (AvgIpc) is 3.91. The summed E-state index contributed by atoms with van der Waals surface area (Å²) in [6, 6.07) is 31.3. The summed E-state index contributed by atoms with van der Waals surface area (Å²) in [5, 5.41) is 23.9. The molecule has 1 N–H and O–H groups in total. The molecular weight excluding hydrogens is 893 g/mol. The summed E-state index contributed by atoms with van der Waals surface area (Å²) in [6.45, 7) is 15.5. The number of Topliss-reactive ketones (excluding diaryl/α,β-unsaturated/α-hetero) is 1. The summed E-state index contributed by atoms with van der Waals surface area (Å²) in [7, 11) is 0. The van der Waals surface area contributed by atoms with Crippen LogP contribution in [0, 0.1) is 5.92 Å². The minimum Gasteiger partial charge on any atom is -0.871 e. The molecule has 7 nitrogen and oxygen atoms in total. The molecule has 0 amide bonds. The van der Waals surface area contributed by atoms with Gasteiger partial charge in [0.25, 0.3) is 0 Å². The number of ether oxygens (including phenoxy) is 1. The molecular formula is C60H70N2O5S2. The maximum Gasteiger partial charge on any atom is 0.335 e. The fourth-order valence-electron chi connectivity index (χ4n) is 10.1. The van der Waals surface area contributed by atoms with Gasteiger partial charge >= 0.3 is 5.97 Å². The molecule has 8 rings (SSSR count). The number of benzene rings is 4. The zero-order chi connectivity index (χ0) is 48.7. The van der Waals surface area contributed by atoms with Crippen LogP contribution in [-0.2, 0) is 10.2 Å². The Bertz CT molecular complexity index is 2760. The Hall–Kier alpha value is -5.38. The molecule has 0 saturated carbocycles. The van der Waals surface area contributed by atoms with E-state index in [4.69, 9.17) is 4.74 Å². The Balaban J connectivity index is 1.04. The van der Waals surface area contributed by atoms with Gasteiger partial charge < -0.3 is 19.8 Å². The maximum absolute atomic E-state index is 14.1. The second kappa shape index (κ2) is 22.6. The second-order valence-electron chi connectivity index (χ2n) is 19.7. The molecule has 3 aliphatic rings. The van der Waals surface area contributed by atoms with Gasteiger partial charge in [-0.3, -0.25) is 4.79 Å². The first-order chi connectivity index (χ1) is 33.5. The van der Waals surface area contributed by atoms with Crippen molar-refractivity contribution in [1.29, 1.82) is 0 Å². The Kier molecular flexibility index (Phi) is 16.4. The highest BCUT2D eigenvalue weighted by Gasteiger charge is 2.46. The number of unbranched alkanes of at least 4 members (excludes halogenated alkanes) is 9. The Morgan fingerprint density at radius 3 is 2.07 bits per heavy atom. The number of ketones is 1. The van der Waals surface area contributed by atoms with Crippen molar-refractivity contribution < 1.29 is 29.1 Å². The summed E-state index contributed by atoms with van der Waals surface area (Å²) in [5.74, 6) is 0.0579. The van der Waals surface area contributed by atoms with Crippen LogP contribution in [0.15, 0.2) is 118 Å². The maximum atomic E-state index is 14.1. The van der Waals surface area contributed by atoms with Gasteiger partial charge in [-0.05, 0) is 116 Å². The standard InChI is InChI=1S/C60H70N2O5S2/c1-7-11-14-16-17-19-34-62-48-28-25-44(59(65)66)35-47(48)60(5,6)55(62)38-46-57(63)56(58(46)64)52-32-31-51(68-52)43-24-30-50-54(37-43)69-53-36-42(23-29-49(53)61(50)33-18-15-12-8-2)41-21-26-45(27-22-41)67-39-40(10-4)20-13-9-3/h21-32,35-38,40H,7-20,33-34,39H2,1-6H3,(H-,63,64,65,66). The molecule has 5 aromatic rings. The van der Waals surface area contributed by atoms with Crippen molar-refractivity contribution in [2.75, 3.05) is 24.6 Å². The van der Waals surface area contributed by atoms with Crippen molar-refractivity contribution in [3.8, 4) is 27.3 Å². The van der Waals surface area contributed by atoms with E-state index in [0.29, 0.717) is 10.8 Å². The molecule has 9 heteroatoms. The van der Waals surface area contributed by atoms with E-state index in [2.05, 4.69) is 112 Å². The van der Waals surface area contributed by atoms with E-state index in [9.17, 15) is 19.8 Å². The molecule has 3 heterocycles. The molecule has 1 aliphatic carbocycles. The third-order valence-electron chi connectivity index (χ3n) is 14.4. The molecule has 0 spiro atoms. The normalized spacial score (nSPS) is 15.9. The summed E-state index contributed by atoms with van der Waals surface area (Å²) in [5.41, 5.74) is 8.58. The van der Waals surface area contributed by atoms with Crippen LogP contribution in [0.1, 0.15) is 152 Å². The van der Waals surface area contributed by atoms with E-state index < -0.39 is 11.4 Å². The Morgan fingerprint density at radius 1 is 0.754 bits per heavy atom. The molecule has 1 unspecified atom stereocenters.